The normalized spacial score (nSPS) is 13.2. The summed E-state index contributed by atoms with van der Waals surface area (Å²) in [5.41, 5.74) is -5.32. The van der Waals surface area contributed by atoms with Crippen molar-refractivity contribution in [2.24, 2.45) is 0 Å². The lowest BCUT2D eigenvalue weighted by molar-refractivity contribution is -0.0437. The predicted molar refractivity (Wildman–Crippen MR) is 52.9 cm³/mol. The van der Waals surface area contributed by atoms with Crippen molar-refractivity contribution in [2.75, 3.05) is 0 Å². The van der Waals surface area contributed by atoms with Crippen LogP contribution in [0.2, 0.25) is 0 Å². The molecule has 0 spiro atoms. The summed E-state index contributed by atoms with van der Waals surface area (Å²) in [6.45, 7) is 0. The van der Waals surface area contributed by atoms with E-state index in [-0.39, 0.29) is 5.39 Å². The number of alkyl halides is 3. The molecule has 0 saturated carbocycles. The van der Waals surface area contributed by atoms with Crippen LogP contribution in [0.3, 0.4) is 0 Å². The third kappa shape index (κ3) is 1.57. The molecule has 2 aromatic rings. The van der Waals surface area contributed by atoms with Gasteiger partial charge in [-0.05, 0) is 17.5 Å². The highest BCUT2D eigenvalue weighted by atomic mass is 32.2. The molecule has 8 heteroatoms. The molecule has 0 radical (unpaired) electrons. The summed E-state index contributed by atoms with van der Waals surface area (Å²) < 4.78 is 59.8. The zero-order valence-corrected chi connectivity index (χ0v) is 9.16. The monoisotopic (exact) mass is 267 g/mol. The molecule has 0 unspecified atom stereocenters. The zero-order chi connectivity index (χ0) is 12.0. The first kappa shape index (κ1) is 11.3. The van der Waals surface area contributed by atoms with Gasteiger partial charge in [-0.15, -0.1) is 11.3 Å². The minimum absolute atomic E-state index is 0.00447. The zero-order valence-electron chi connectivity index (χ0n) is 7.52. The molecule has 2 aromatic heterocycles. The van der Waals surface area contributed by atoms with Crippen LogP contribution in [0.15, 0.2) is 28.7 Å². The highest BCUT2D eigenvalue weighted by Crippen LogP contribution is 2.34. The molecule has 3 nitrogen and oxygen atoms in total. The number of thiophene rings is 1. The van der Waals surface area contributed by atoms with Crippen LogP contribution >= 0.6 is 11.3 Å². The number of fused-ring (bicyclic) bond motifs is 1. The van der Waals surface area contributed by atoms with Gasteiger partial charge in [-0.1, -0.05) is 0 Å². The van der Waals surface area contributed by atoms with Crippen molar-refractivity contribution in [3.8, 4) is 0 Å². The Kier molecular flexibility index (Phi) is 2.43. The standard InChI is InChI=1S/C8H4F3NO2S2/c9-8(10,11)16(13,14)7-5-2-4-15-6(5)1-3-12-7/h1-4H. The number of nitrogens with zero attached hydrogens (tertiary/aromatic N) is 1. The number of rotatable bonds is 1. The van der Waals surface area contributed by atoms with E-state index in [0.717, 1.165) is 17.5 Å². The Hall–Kier alpha value is -1.15. The first-order valence-electron chi connectivity index (χ1n) is 3.97. The smallest absolute Gasteiger partial charge is 0.244 e. The number of hydrogen-bond acceptors (Lipinski definition) is 4. The van der Waals surface area contributed by atoms with E-state index >= 15 is 0 Å². The summed E-state index contributed by atoms with van der Waals surface area (Å²) in [5, 5.41) is 0.588. The quantitative estimate of drug-likeness (QED) is 0.797. The fraction of sp³-hybridized carbons (Fsp3) is 0.125. The third-order valence-corrected chi connectivity index (χ3v) is 4.23. The summed E-state index contributed by atoms with van der Waals surface area (Å²) in [6.07, 6.45) is 1.05. The van der Waals surface area contributed by atoms with Crippen molar-refractivity contribution in [1.29, 1.82) is 0 Å². The van der Waals surface area contributed by atoms with Gasteiger partial charge in [-0.3, -0.25) is 0 Å². The maximum Gasteiger partial charge on any atom is 0.503 e. The van der Waals surface area contributed by atoms with Crippen molar-refractivity contribution >= 4 is 31.3 Å². The second-order valence-corrected chi connectivity index (χ2v) is 5.70. The van der Waals surface area contributed by atoms with Gasteiger partial charge in [0, 0.05) is 16.3 Å². The van der Waals surface area contributed by atoms with E-state index in [2.05, 4.69) is 4.98 Å². The molecule has 0 aliphatic carbocycles. The Morgan fingerprint density at radius 2 is 1.94 bits per heavy atom. The molecule has 0 N–H and O–H groups in total. The second kappa shape index (κ2) is 3.42. The number of hydrogen-bond donors (Lipinski definition) is 0. The highest BCUT2D eigenvalue weighted by molar-refractivity contribution is 7.92. The van der Waals surface area contributed by atoms with E-state index in [1.54, 1.807) is 0 Å². The number of pyridine rings is 1. The number of aromatic nitrogens is 1. The third-order valence-electron chi connectivity index (χ3n) is 1.90. The average molecular weight is 267 g/mol. The molecular weight excluding hydrogens is 263 g/mol. The molecule has 0 atom stereocenters. The lowest BCUT2D eigenvalue weighted by atomic mass is 10.3. The summed E-state index contributed by atoms with van der Waals surface area (Å²) in [6, 6.07) is 2.78. The lowest BCUT2D eigenvalue weighted by Crippen LogP contribution is -2.24. The largest absolute Gasteiger partial charge is 0.503 e. The van der Waals surface area contributed by atoms with Crippen LogP contribution in [0.5, 0.6) is 0 Å². The van der Waals surface area contributed by atoms with Crippen LogP contribution in [0.25, 0.3) is 10.1 Å². The van der Waals surface area contributed by atoms with E-state index in [0.29, 0.717) is 4.70 Å². The molecular formula is C8H4F3NO2S2. The van der Waals surface area contributed by atoms with Gasteiger partial charge in [0.25, 0.3) is 9.84 Å². The van der Waals surface area contributed by atoms with E-state index in [9.17, 15) is 21.6 Å². The van der Waals surface area contributed by atoms with Gasteiger partial charge < -0.3 is 0 Å². The van der Waals surface area contributed by atoms with Gasteiger partial charge in [0.15, 0.2) is 5.03 Å². The lowest BCUT2D eigenvalue weighted by Gasteiger charge is -2.07. The van der Waals surface area contributed by atoms with E-state index in [1.807, 2.05) is 0 Å². The van der Waals surface area contributed by atoms with Gasteiger partial charge in [0.2, 0.25) is 0 Å². The molecule has 2 heterocycles. The van der Waals surface area contributed by atoms with Crippen LogP contribution in [-0.2, 0) is 9.84 Å². The first-order chi connectivity index (χ1) is 7.34. The van der Waals surface area contributed by atoms with Crippen LogP contribution < -0.4 is 0 Å². The molecule has 2 rings (SSSR count). The Balaban J connectivity index is 2.79. The molecule has 0 amide bonds. The Labute approximate surface area is 92.5 Å². The Morgan fingerprint density at radius 3 is 2.56 bits per heavy atom. The van der Waals surface area contributed by atoms with Gasteiger partial charge >= 0.3 is 5.51 Å². The molecule has 0 bridgehead atoms. The summed E-state index contributed by atoms with van der Waals surface area (Å²) in [4.78, 5) is 3.32. The predicted octanol–water partition coefficient (Wildman–Crippen LogP) is 2.59. The summed E-state index contributed by atoms with van der Waals surface area (Å²) >= 11 is 1.16. The molecule has 0 aromatic carbocycles. The topological polar surface area (TPSA) is 47.0 Å². The minimum atomic E-state index is -5.38. The fourth-order valence-corrected chi connectivity index (χ4v) is 2.93. The molecule has 0 aliphatic rings. The van der Waals surface area contributed by atoms with Gasteiger partial charge in [-0.2, -0.15) is 13.2 Å². The van der Waals surface area contributed by atoms with Crippen molar-refractivity contribution in [2.45, 2.75) is 10.5 Å². The van der Waals surface area contributed by atoms with E-state index < -0.39 is 20.4 Å². The molecule has 86 valence electrons. The van der Waals surface area contributed by atoms with Crippen LogP contribution in [-0.4, -0.2) is 18.9 Å². The van der Waals surface area contributed by atoms with Crippen molar-refractivity contribution in [3.05, 3.63) is 23.7 Å². The molecule has 0 fully saturated rings. The minimum Gasteiger partial charge on any atom is -0.244 e. The van der Waals surface area contributed by atoms with Crippen molar-refractivity contribution in [1.82, 2.24) is 4.98 Å². The molecule has 0 aliphatic heterocycles. The maximum absolute atomic E-state index is 12.3. The van der Waals surface area contributed by atoms with Crippen molar-refractivity contribution in [3.63, 3.8) is 0 Å². The van der Waals surface area contributed by atoms with Crippen LogP contribution in [0, 0.1) is 0 Å². The van der Waals surface area contributed by atoms with Crippen LogP contribution in [0.4, 0.5) is 13.2 Å². The van der Waals surface area contributed by atoms with E-state index in [4.69, 9.17) is 0 Å². The number of halogens is 3. The Bertz CT molecular complexity index is 630. The van der Waals surface area contributed by atoms with Gasteiger partial charge in [0.1, 0.15) is 0 Å². The fourth-order valence-electron chi connectivity index (χ4n) is 1.19. The van der Waals surface area contributed by atoms with E-state index in [1.165, 1.54) is 17.5 Å². The van der Waals surface area contributed by atoms with Crippen molar-refractivity contribution < 1.29 is 21.6 Å². The molecule has 0 saturated heterocycles. The van der Waals surface area contributed by atoms with Crippen LogP contribution in [0.1, 0.15) is 0 Å². The SMILES string of the molecule is O=S(=O)(c1nccc2sccc12)C(F)(F)F. The number of sulfone groups is 1. The summed E-state index contributed by atoms with van der Waals surface area (Å²) in [7, 11) is -5.38. The maximum atomic E-state index is 12.3. The first-order valence-corrected chi connectivity index (χ1v) is 6.34. The Morgan fingerprint density at radius 1 is 1.25 bits per heavy atom. The average Bonchev–Trinajstić information content (AvgIpc) is 2.62. The highest BCUT2D eigenvalue weighted by Gasteiger charge is 2.48. The molecule has 16 heavy (non-hydrogen) atoms. The van der Waals surface area contributed by atoms with Gasteiger partial charge in [-0.25, -0.2) is 13.4 Å². The summed E-state index contributed by atoms with van der Waals surface area (Å²) in [5.74, 6) is 0. The second-order valence-electron chi connectivity index (χ2n) is 2.90. The van der Waals surface area contributed by atoms with Gasteiger partial charge in [0.05, 0.1) is 0 Å².